The predicted octanol–water partition coefficient (Wildman–Crippen LogP) is 1.43. The van der Waals surface area contributed by atoms with E-state index in [-0.39, 0.29) is 11.3 Å². The molecule has 2 aromatic carbocycles. The highest BCUT2D eigenvalue weighted by molar-refractivity contribution is 7.89. The van der Waals surface area contributed by atoms with E-state index in [9.17, 15) is 18.3 Å². The van der Waals surface area contributed by atoms with Gasteiger partial charge in [-0.15, -0.1) is 0 Å². The lowest BCUT2D eigenvalue weighted by atomic mass is 9.93. The lowest BCUT2D eigenvalue weighted by Gasteiger charge is -2.22. The second kappa shape index (κ2) is 6.63. The average molecular weight is 389 g/mol. The zero-order chi connectivity index (χ0) is 19.2. The zero-order valence-corrected chi connectivity index (χ0v) is 15.3. The summed E-state index contributed by atoms with van der Waals surface area (Å²) < 4.78 is 38.8. The topological polar surface area (TPSA) is 102 Å². The number of hydrogen-bond acceptors (Lipinski definition) is 6. The molecule has 1 aliphatic carbocycles. The molecule has 142 valence electrons. The van der Waals surface area contributed by atoms with Gasteiger partial charge < -0.3 is 14.6 Å². The standard InChI is InChI=1S/C19H19NO6S/c1-25-19(22)13-9-5-8-12-16-15(26-18(12)13)10-14(21)17(16)20-27(23,24)11-6-3-2-4-7-11/h2-9,14-17,20-21H,10H2,1H3/t14-,15+,16+,17+/m1/s1. The molecule has 1 aliphatic heterocycles. The third-order valence-corrected chi connectivity index (χ3v) is 6.57. The van der Waals surface area contributed by atoms with E-state index in [1.807, 2.05) is 0 Å². The number of esters is 1. The van der Waals surface area contributed by atoms with Crippen LogP contribution in [0.25, 0.3) is 0 Å². The van der Waals surface area contributed by atoms with Gasteiger partial charge in [-0.3, -0.25) is 0 Å². The van der Waals surface area contributed by atoms with Gasteiger partial charge in [-0.1, -0.05) is 30.3 Å². The van der Waals surface area contributed by atoms with Gasteiger partial charge in [0, 0.05) is 17.9 Å². The molecule has 0 amide bonds. The molecule has 2 aromatic rings. The van der Waals surface area contributed by atoms with Crippen LogP contribution in [0.2, 0.25) is 0 Å². The molecular formula is C19H19NO6S. The number of fused-ring (bicyclic) bond motifs is 3. The normalized spacial score (nSPS) is 26.1. The van der Waals surface area contributed by atoms with Crippen molar-refractivity contribution in [3.63, 3.8) is 0 Å². The number of benzene rings is 2. The number of aliphatic hydroxyl groups is 1. The van der Waals surface area contributed by atoms with Crippen LogP contribution < -0.4 is 9.46 Å². The number of ether oxygens (including phenoxy) is 2. The Labute approximate surface area is 157 Å². The second-order valence-electron chi connectivity index (χ2n) is 6.66. The van der Waals surface area contributed by atoms with Gasteiger partial charge >= 0.3 is 5.97 Å². The van der Waals surface area contributed by atoms with E-state index in [0.29, 0.717) is 16.9 Å². The summed E-state index contributed by atoms with van der Waals surface area (Å²) in [5, 5.41) is 10.5. The van der Waals surface area contributed by atoms with Crippen molar-refractivity contribution in [2.75, 3.05) is 7.11 Å². The number of para-hydroxylation sites is 1. The summed E-state index contributed by atoms with van der Waals surface area (Å²) in [5.74, 6) is -0.512. The fourth-order valence-electron chi connectivity index (χ4n) is 3.89. The highest BCUT2D eigenvalue weighted by Gasteiger charge is 2.51. The molecule has 27 heavy (non-hydrogen) atoms. The number of nitrogens with one attached hydrogen (secondary N) is 1. The Kier molecular flexibility index (Phi) is 4.41. The number of carbonyl (C=O) groups excluding carboxylic acids is 1. The van der Waals surface area contributed by atoms with Crippen LogP contribution in [0.4, 0.5) is 0 Å². The van der Waals surface area contributed by atoms with Crippen LogP contribution in [0, 0.1) is 0 Å². The Hall–Kier alpha value is -2.42. The van der Waals surface area contributed by atoms with Crippen LogP contribution in [0.5, 0.6) is 5.75 Å². The van der Waals surface area contributed by atoms with E-state index in [4.69, 9.17) is 9.47 Å². The minimum absolute atomic E-state index is 0.128. The van der Waals surface area contributed by atoms with E-state index in [0.717, 1.165) is 0 Å². The Balaban J connectivity index is 1.69. The molecular weight excluding hydrogens is 370 g/mol. The first-order valence-electron chi connectivity index (χ1n) is 8.55. The molecule has 8 heteroatoms. The predicted molar refractivity (Wildman–Crippen MR) is 96.1 cm³/mol. The first kappa shape index (κ1) is 18.0. The van der Waals surface area contributed by atoms with Crippen LogP contribution in [0.3, 0.4) is 0 Å². The number of rotatable bonds is 4. The van der Waals surface area contributed by atoms with E-state index in [1.165, 1.54) is 19.2 Å². The molecule has 1 fully saturated rings. The van der Waals surface area contributed by atoms with E-state index in [1.54, 1.807) is 36.4 Å². The fraction of sp³-hybridized carbons (Fsp3) is 0.316. The van der Waals surface area contributed by atoms with Crippen LogP contribution in [-0.2, 0) is 14.8 Å². The molecule has 4 atom stereocenters. The Bertz CT molecular complexity index is 975. The molecule has 0 radical (unpaired) electrons. The van der Waals surface area contributed by atoms with Gasteiger partial charge in [-0.05, 0) is 18.2 Å². The molecule has 1 saturated carbocycles. The maximum atomic E-state index is 12.7. The maximum Gasteiger partial charge on any atom is 0.341 e. The summed E-state index contributed by atoms with van der Waals surface area (Å²) >= 11 is 0. The van der Waals surface area contributed by atoms with Gasteiger partial charge in [0.1, 0.15) is 17.4 Å². The third kappa shape index (κ3) is 2.99. The van der Waals surface area contributed by atoms with Crippen LogP contribution in [0.1, 0.15) is 28.3 Å². The lowest BCUT2D eigenvalue weighted by molar-refractivity contribution is 0.0594. The van der Waals surface area contributed by atoms with Crippen molar-refractivity contribution < 1.29 is 27.8 Å². The molecule has 2 aliphatic rings. The number of carbonyl (C=O) groups is 1. The molecule has 0 unspecified atom stereocenters. The van der Waals surface area contributed by atoms with Crippen molar-refractivity contribution in [2.45, 2.75) is 35.5 Å². The number of aliphatic hydroxyl groups excluding tert-OH is 1. The van der Waals surface area contributed by atoms with Crippen molar-refractivity contribution in [1.82, 2.24) is 4.72 Å². The minimum atomic E-state index is -3.81. The second-order valence-corrected chi connectivity index (χ2v) is 8.37. The van der Waals surface area contributed by atoms with E-state index < -0.39 is 40.2 Å². The fourth-order valence-corrected chi connectivity index (χ4v) is 5.20. The molecule has 4 rings (SSSR count). The van der Waals surface area contributed by atoms with Gasteiger partial charge in [0.05, 0.1) is 24.2 Å². The number of sulfonamides is 1. The highest BCUT2D eigenvalue weighted by Crippen LogP contribution is 2.49. The number of methoxy groups -OCH3 is 1. The van der Waals surface area contributed by atoms with Crippen molar-refractivity contribution in [3.05, 3.63) is 59.7 Å². The molecule has 0 saturated heterocycles. The molecule has 0 aromatic heterocycles. The van der Waals surface area contributed by atoms with Crippen LogP contribution >= 0.6 is 0 Å². The zero-order valence-electron chi connectivity index (χ0n) is 14.5. The monoisotopic (exact) mass is 389 g/mol. The molecule has 0 spiro atoms. The minimum Gasteiger partial charge on any atom is -0.488 e. The first-order valence-corrected chi connectivity index (χ1v) is 10.0. The summed E-state index contributed by atoms with van der Waals surface area (Å²) in [7, 11) is -2.52. The number of hydrogen-bond donors (Lipinski definition) is 2. The lowest BCUT2D eigenvalue weighted by Crippen LogP contribution is -2.43. The molecule has 1 heterocycles. The summed E-state index contributed by atoms with van der Waals surface area (Å²) in [6, 6.07) is 12.3. The van der Waals surface area contributed by atoms with Gasteiger partial charge in [0.15, 0.2) is 0 Å². The van der Waals surface area contributed by atoms with E-state index >= 15 is 0 Å². The summed E-state index contributed by atoms with van der Waals surface area (Å²) in [5.41, 5.74) is 0.990. The average Bonchev–Trinajstić information content (AvgIpc) is 3.17. The quantitative estimate of drug-likeness (QED) is 0.767. The largest absolute Gasteiger partial charge is 0.488 e. The van der Waals surface area contributed by atoms with Crippen LogP contribution in [-0.4, -0.2) is 44.9 Å². The van der Waals surface area contributed by atoms with Crippen molar-refractivity contribution in [3.8, 4) is 5.75 Å². The third-order valence-electron chi connectivity index (χ3n) is 5.10. The summed E-state index contributed by atoms with van der Waals surface area (Å²) in [6.07, 6.45) is -1.04. The summed E-state index contributed by atoms with van der Waals surface area (Å²) in [6.45, 7) is 0. The van der Waals surface area contributed by atoms with Crippen molar-refractivity contribution in [1.29, 1.82) is 0 Å². The van der Waals surface area contributed by atoms with Gasteiger partial charge in [0.2, 0.25) is 10.0 Å². The van der Waals surface area contributed by atoms with Crippen molar-refractivity contribution in [2.24, 2.45) is 0 Å². The smallest absolute Gasteiger partial charge is 0.341 e. The van der Waals surface area contributed by atoms with E-state index in [2.05, 4.69) is 4.72 Å². The Morgan fingerprint density at radius 2 is 1.93 bits per heavy atom. The SMILES string of the molecule is COC(=O)c1cccc2c1O[C@H]1C[C@@H](O)[C@H](NS(=O)(=O)c3ccccc3)[C@@H]21. The van der Waals surface area contributed by atoms with Crippen molar-refractivity contribution >= 4 is 16.0 Å². The van der Waals surface area contributed by atoms with Gasteiger partial charge in [-0.2, -0.15) is 0 Å². The molecule has 0 bridgehead atoms. The van der Waals surface area contributed by atoms with Gasteiger partial charge in [0.25, 0.3) is 0 Å². The molecule has 7 nitrogen and oxygen atoms in total. The Morgan fingerprint density at radius 3 is 2.63 bits per heavy atom. The first-order chi connectivity index (χ1) is 12.9. The van der Waals surface area contributed by atoms with Gasteiger partial charge in [-0.25, -0.2) is 17.9 Å². The Morgan fingerprint density at radius 1 is 1.19 bits per heavy atom. The summed E-state index contributed by atoms with van der Waals surface area (Å²) in [4.78, 5) is 12.1. The highest BCUT2D eigenvalue weighted by atomic mass is 32.2. The van der Waals surface area contributed by atoms with Crippen LogP contribution in [0.15, 0.2) is 53.4 Å². The maximum absolute atomic E-state index is 12.7. The molecule has 2 N–H and O–H groups in total.